The number of fused-ring (bicyclic) bond motifs is 2. The van der Waals surface area contributed by atoms with Crippen molar-refractivity contribution < 1.29 is 14.7 Å². The number of amides is 2. The summed E-state index contributed by atoms with van der Waals surface area (Å²) in [6.07, 6.45) is 1.20. The normalized spacial score (nSPS) is 16.6. The Bertz CT molecular complexity index is 1130. The molecule has 0 fully saturated rings. The lowest BCUT2D eigenvalue weighted by molar-refractivity contribution is -0.128. The third kappa shape index (κ3) is 4.56. The molecule has 168 valence electrons. The fourth-order valence-corrected chi connectivity index (χ4v) is 4.09. The molecule has 3 N–H and O–H groups in total. The molecule has 32 heavy (non-hydrogen) atoms. The minimum absolute atomic E-state index is 0. The number of halogens is 1. The van der Waals surface area contributed by atoms with E-state index in [1.54, 1.807) is 24.9 Å². The maximum Gasteiger partial charge on any atom is 0.249 e. The van der Waals surface area contributed by atoms with Gasteiger partial charge in [0.2, 0.25) is 11.8 Å². The molecule has 0 aromatic heterocycles. The van der Waals surface area contributed by atoms with Crippen LogP contribution in [0.2, 0.25) is 0 Å². The zero-order valence-corrected chi connectivity index (χ0v) is 19.0. The lowest BCUT2D eigenvalue weighted by Crippen LogP contribution is -2.52. The van der Waals surface area contributed by atoms with Gasteiger partial charge in [-0.05, 0) is 55.3 Å². The number of hydrogen-bond acceptors (Lipinski definition) is 4. The predicted molar refractivity (Wildman–Crippen MR) is 129 cm³/mol. The molecule has 1 aliphatic heterocycles. The summed E-state index contributed by atoms with van der Waals surface area (Å²) in [4.78, 5) is 27.8. The number of phenolic OH excluding ortho intramolecular Hbond substituents is 1. The van der Waals surface area contributed by atoms with Crippen LogP contribution in [0.15, 0.2) is 60.7 Å². The van der Waals surface area contributed by atoms with Gasteiger partial charge in [0.25, 0.3) is 0 Å². The fraction of sp³-hybridized carbons (Fsp3) is 0.280. The molecule has 0 aliphatic carbocycles. The number of nitrogens with zero attached hydrogens (tertiary/aromatic N) is 1. The standard InChI is InChI=1S/C25H27N3O3.ClH/c1-16(26-2)24(30)27-21-13-11-18-8-4-6-10-22(18)28(25(21)31)15-20-19-9-5-3-7-17(19)12-14-23(20)29;/h3-10,12,14,16,21,26,29H,11,13,15H2,1-2H3,(H,27,30);1H/t16-,21-;/m0./s1. The van der Waals surface area contributed by atoms with E-state index in [1.807, 2.05) is 54.6 Å². The third-order valence-electron chi connectivity index (χ3n) is 6.02. The van der Waals surface area contributed by atoms with Crippen LogP contribution in [0.4, 0.5) is 5.69 Å². The maximum atomic E-state index is 13.6. The van der Waals surface area contributed by atoms with Crippen molar-refractivity contribution in [3.05, 3.63) is 71.8 Å². The Morgan fingerprint density at radius 3 is 2.62 bits per heavy atom. The number of carbonyl (C=O) groups excluding carboxylic acids is 2. The molecule has 0 spiro atoms. The van der Waals surface area contributed by atoms with Crippen molar-refractivity contribution >= 4 is 40.7 Å². The number of benzene rings is 3. The molecule has 0 saturated carbocycles. The van der Waals surface area contributed by atoms with Gasteiger partial charge in [0.1, 0.15) is 11.8 Å². The predicted octanol–water partition coefficient (Wildman–Crippen LogP) is 3.54. The number of aromatic hydroxyl groups is 1. The first-order valence-corrected chi connectivity index (χ1v) is 10.6. The zero-order valence-electron chi connectivity index (χ0n) is 18.2. The largest absolute Gasteiger partial charge is 0.508 e. The number of anilines is 1. The summed E-state index contributed by atoms with van der Waals surface area (Å²) in [5.74, 6) is -0.230. The molecular weight excluding hydrogens is 426 g/mol. The second kappa shape index (κ2) is 10.0. The van der Waals surface area contributed by atoms with Crippen LogP contribution in [0, 0.1) is 0 Å². The Balaban J connectivity index is 0.00000289. The fourth-order valence-electron chi connectivity index (χ4n) is 4.09. The van der Waals surface area contributed by atoms with Gasteiger partial charge in [0, 0.05) is 11.3 Å². The van der Waals surface area contributed by atoms with Crippen molar-refractivity contribution in [2.45, 2.75) is 38.4 Å². The van der Waals surface area contributed by atoms with Crippen LogP contribution in [-0.2, 0) is 22.6 Å². The van der Waals surface area contributed by atoms with E-state index in [0.717, 1.165) is 22.0 Å². The number of carbonyl (C=O) groups is 2. The van der Waals surface area contributed by atoms with Crippen molar-refractivity contribution in [1.29, 1.82) is 0 Å². The van der Waals surface area contributed by atoms with Crippen LogP contribution in [0.25, 0.3) is 10.8 Å². The second-order valence-corrected chi connectivity index (χ2v) is 7.95. The van der Waals surface area contributed by atoms with Crippen LogP contribution in [0.1, 0.15) is 24.5 Å². The van der Waals surface area contributed by atoms with Crippen molar-refractivity contribution in [3.63, 3.8) is 0 Å². The number of hydrogen-bond donors (Lipinski definition) is 3. The Morgan fingerprint density at radius 1 is 1.12 bits per heavy atom. The molecule has 0 bridgehead atoms. The summed E-state index contributed by atoms with van der Waals surface area (Å²) in [6.45, 7) is 1.98. The summed E-state index contributed by atoms with van der Waals surface area (Å²) >= 11 is 0. The molecule has 7 heteroatoms. The molecule has 3 aromatic rings. The van der Waals surface area contributed by atoms with Gasteiger partial charge in [0.05, 0.1) is 12.6 Å². The van der Waals surface area contributed by atoms with E-state index in [9.17, 15) is 14.7 Å². The molecule has 1 heterocycles. The minimum atomic E-state index is -0.632. The maximum absolute atomic E-state index is 13.6. The molecular formula is C25H28ClN3O3. The van der Waals surface area contributed by atoms with E-state index in [4.69, 9.17) is 0 Å². The smallest absolute Gasteiger partial charge is 0.249 e. The number of aryl methyl sites for hydroxylation is 1. The Morgan fingerprint density at radius 2 is 1.84 bits per heavy atom. The summed E-state index contributed by atoms with van der Waals surface area (Å²) in [5, 5.41) is 18.4. The average Bonchev–Trinajstić information content (AvgIpc) is 2.92. The van der Waals surface area contributed by atoms with Crippen LogP contribution in [-0.4, -0.2) is 36.1 Å². The summed E-state index contributed by atoms with van der Waals surface area (Å²) < 4.78 is 0. The average molecular weight is 454 g/mol. The van der Waals surface area contributed by atoms with E-state index in [0.29, 0.717) is 18.4 Å². The van der Waals surface area contributed by atoms with Gasteiger partial charge in [-0.1, -0.05) is 48.5 Å². The molecule has 1 aliphatic rings. The lowest BCUT2D eigenvalue weighted by Gasteiger charge is -2.27. The lowest BCUT2D eigenvalue weighted by atomic mass is 10.0. The van der Waals surface area contributed by atoms with E-state index in [-0.39, 0.29) is 36.5 Å². The van der Waals surface area contributed by atoms with E-state index in [1.165, 1.54) is 0 Å². The van der Waals surface area contributed by atoms with Crippen molar-refractivity contribution in [2.24, 2.45) is 0 Å². The number of likely N-dealkylation sites (N-methyl/N-ethyl adjacent to an activating group) is 1. The van der Waals surface area contributed by atoms with Crippen LogP contribution < -0.4 is 15.5 Å². The highest BCUT2D eigenvalue weighted by Gasteiger charge is 2.32. The van der Waals surface area contributed by atoms with Crippen molar-refractivity contribution in [3.8, 4) is 5.75 Å². The number of para-hydroxylation sites is 1. The first-order chi connectivity index (χ1) is 15.0. The van der Waals surface area contributed by atoms with Crippen molar-refractivity contribution in [1.82, 2.24) is 10.6 Å². The van der Waals surface area contributed by atoms with Gasteiger partial charge in [0.15, 0.2) is 0 Å². The van der Waals surface area contributed by atoms with Gasteiger partial charge in [-0.15, -0.1) is 12.4 Å². The number of rotatable bonds is 5. The van der Waals surface area contributed by atoms with E-state index >= 15 is 0 Å². The Labute approximate surface area is 194 Å². The van der Waals surface area contributed by atoms with Crippen LogP contribution >= 0.6 is 12.4 Å². The first kappa shape index (κ1) is 23.6. The van der Waals surface area contributed by atoms with Gasteiger partial charge < -0.3 is 20.6 Å². The molecule has 3 aromatic carbocycles. The third-order valence-corrected chi connectivity index (χ3v) is 6.02. The molecule has 0 radical (unpaired) electrons. The molecule has 2 atom stereocenters. The van der Waals surface area contributed by atoms with Crippen molar-refractivity contribution in [2.75, 3.05) is 11.9 Å². The first-order valence-electron chi connectivity index (χ1n) is 10.6. The highest BCUT2D eigenvalue weighted by Crippen LogP contribution is 2.33. The second-order valence-electron chi connectivity index (χ2n) is 7.95. The monoisotopic (exact) mass is 453 g/mol. The molecule has 0 unspecified atom stereocenters. The van der Waals surface area contributed by atoms with Gasteiger partial charge >= 0.3 is 0 Å². The minimum Gasteiger partial charge on any atom is -0.508 e. The molecule has 6 nitrogen and oxygen atoms in total. The SMILES string of the molecule is CN[C@@H](C)C(=O)N[C@H]1CCc2ccccc2N(Cc2c(O)ccc3ccccc23)C1=O.Cl. The molecule has 2 amide bonds. The van der Waals surface area contributed by atoms with Gasteiger partial charge in [-0.25, -0.2) is 0 Å². The topological polar surface area (TPSA) is 81.7 Å². The Hall–Kier alpha value is -3.09. The molecule has 0 saturated heterocycles. The van der Waals surface area contributed by atoms with Crippen LogP contribution in [0.5, 0.6) is 5.75 Å². The highest BCUT2D eigenvalue weighted by atomic mass is 35.5. The molecule has 4 rings (SSSR count). The summed E-state index contributed by atoms with van der Waals surface area (Å²) in [6, 6.07) is 18.1. The quantitative estimate of drug-likeness (QED) is 0.552. The van der Waals surface area contributed by atoms with E-state index < -0.39 is 12.1 Å². The summed E-state index contributed by atoms with van der Waals surface area (Å²) in [5.41, 5.74) is 2.56. The number of phenols is 1. The highest BCUT2D eigenvalue weighted by molar-refractivity contribution is 6.01. The van der Waals surface area contributed by atoms with Gasteiger partial charge in [-0.2, -0.15) is 0 Å². The van der Waals surface area contributed by atoms with Gasteiger partial charge in [-0.3, -0.25) is 9.59 Å². The summed E-state index contributed by atoms with van der Waals surface area (Å²) in [7, 11) is 1.71. The zero-order chi connectivity index (χ0) is 22.0. The van der Waals surface area contributed by atoms with Crippen LogP contribution in [0.3, 0.4) is 0 Å². The van der Waals surface area contributed by atoms with E-state index in [2.05, 4.69) is 10.6 Å². The number of nitrogens with one attached hydrogen (secondary N) is 2. The Kier molecular flexibility index (Phi) is 7.38.